The molecule has 1 fully saturated rings. The van der Waals surface area contributed by atoms with Crippen LogP contribution in [-0.4, -0.2) is 11.1 Å². The summed E-state index contributed by atoms with van der Waals surface area (Å²) >= 11 is 1.59. The third-order valence-electron chi connectivity index (χ3n) is 3.57. The summed E-state index contributed by atoms with van der Waals surface area (Å²) in [6.45, 7) is 0. The van der Waals surface area contributed by atoms with Crippen LogP contribution in [0.5, 0.6) is 0 Å². The molecule has 1 aliphatic carbocycles. The molecule has 3 N–H and O–H groups in total. The van der Waals surface area contributed by atoms with Gasteiger partial charge in [-0.05, 0) is 23.8 Å². The summed E-state index contributed by atoms with van der Waals surface area (Å²) in [5, 5.41) is 12.1. The lowest BCUT2D eigenvalue weighted by Gasteiger charge is -2.26. The Morgan fingerprint density at radius 1 is 1.38 bits per heavy atom. The Kier molecular flexibility index (Phi) is 4.38. The van der Waals surface area contributed by atoms with Gasteiger partial charge in [0.15, 0.2) is 0 Å². The van der Waals surface area contributed by atoms with Crippen molar-refractivity contribution >= 4 is 11.3 Å². The molecule has 0 radical (unpaired) electrons. The van der Waals surface area contributed by atoms with E-state index in [9.17, 15) is 5.11 Å². The van der Waals surface area contributed by atoms with Crippen molar-refractivity contribution in [2.75, 3.05) is 0 Å². The molecule has 1 aromatic heterocycles. The van der Waals surface area contributed by atoms with E-state index in [0.717, 1.165) is 17.2 Å². The first-order valence-corrected chi connectivity index (χ1v) is 7.12. The molecule has 1 saturated carbocycles. The summed E-state index contributed by atoms with van der Waals surface area (Å²) in [7, 11) is 0. The molecule has 1 aromatic rings. The molecule has 0 aliphatic heterocycles. The van der Waals surface area contributed by atoms with E-state index in [-0.39, 0.29) is 6.04 Å². The second-order valence-corrected chi connectivity index (χ2v) is 5.84. The maximum atomic E-state index is 10.1. The lowest BCUT2D eigenvalue weighted by Crippen LogP contribution is -2.31. The Morgan fingerprint density at radius 3 is 2.75 bits per heavy atom. The van der Waals surface area contributed by atoms with Gasteiger partial charge < -0.3 is 10.8 Å². The van der Waals surface area contributed by atoms with E-state index in [2.05, 4.69) is 0 Å². The first kappa shape index (κ1) is 12.1. The zero-order chi connectivity index (χ0) is 11.4. The molecular weight excluding hydrogens is 218 g/mol. The van der Waals surface area contributed by atoms with Crippen molar-refractivity contribution in [3.8, 4) is 0 Å². The summed E-state index contributed by atoms with van der Waals surface area (Å²) in [6.07, 6.45) is 7.15. The Hall–Kier alpha value is -0.380. The first-order valence-electron chi connectivity index (χ1n) is 6.24. The molecule has 2 nitrogen and oxygen atoms in total. The van der Waals surface area contributed by atoms with Gasteiger partial charge in [-0.2, -0.15) is 0 Å². The topological polar surface area (TPSA) is 46.2 Å². The quantitative estimate of drug-likeness (QED) is 0.848. The highest BCUT2D eigenvalue weighted by Crippen LogP contribution is 2.30. The van der Waals surface area contributed by atoms with E-state index in [1.807, 2.05) is 17.5 Å². The van der Waals surface area contributed by atoms with Crippen LogP contribution in [-0.2, 0) is 0 Å². The van der Waals surface area contributed by atoms with E-state index in [1.54, 1.807) is 11.3 Å². The van der Waals surface area contributed by atoms with Crippen molar-refractivity contribution < 1.29 is 5.11 Å². The Bertz CT molecular complexity index is 293. The van der Waals surface area contributed by atoms with Gasteiger partial charge >= 0.3 is 0 Å². The third kappa shape index (κ3) is 3.06. The van der Waals surface area contributed by atoms with E-state index in [1.165, 1.54) is 32.1 Å². The molecule has 16 heavy (non-hydrogen) atoms. The summed E-state index contributed by atoms with van der Waals surface area (Å²) in [5.74, 6) is 0.735. The summed E-state index contributed by atoms with van der Waals surface area (Å²) in [4.78, 5) is 1.00. The largest absolute Gasteiger partial charge is 0.386 e. The molecule has 1 aliphatic rings. The molecular formula is C13H21NOS. The first-order chi connectivity index (χ1) is 7.77. The number of aliphatic hydroxyl groups excluding tert-OH is 1. The minimum absolute atomic E-state index is 0.0956. The summed E-state index contributed by atoms with van der Waals surface area (Å²) < 4.78 is 0. The minimum atomic E-state index is -0.470. The predicted octanol–water partition coefficient (Wildman–Crippen LogP) is 3.08. The maximum absolute atomic E-state index is 10.1. The Balaban J connectivity index is 1.84. The van der Waals surface area contributed by atoms with Gasteiger partial charge in [-0.1, -0.05) is 38.2 Å². The second kappa shape index (κ2) is 5.80. The fourth-order valence-corrected chi connectivity index (χ4v) is 3.39. The van der Waals surface area contributed by atoms with Crippen molar-refractivity contribution in [1.82, 2.24) is 0 Å². The van der Waals surface area contributed by atoms with E-state index in [4.69, 9.17) is 5.73 Å². The highest BCUT2D eigenvalue weighted by Gasteiger charge is 2.23. The number of aliphatic hydroxyl groups is 1. The van der Waals surface area contributed by atoms with Gasteiger partial charge in [0.25, 0.3) is 0 Å². The molecule has 3 heteroatoms. The second-order valence-electron chi connectivity index (χ2n) is 4.86. The van der Waals surface area contributed by atoms with Crippen LogP contribution in [0.2, 0.25) is 0 Å². The molecule has 2 rings (SSSR count). The van der Waals surface area contributed by atoms with Gasteiger partial charge in [0.05, 0.1) is 0 Å². The van der Waals surface area contributed by atoms with Gasteiger partial charge in [-0.3, -0.25) is 0 Å². The zero-order valence-electron chi connectivity index (χ0n) is 9.64. The lowest BCUT2D eigenvalue weighted by molar-refractivity contribution is 0.131. The highest BCUT2D eigenvalue weighted by atomic mass is 32.1. The number of thiophene rings is 1. The standard InChI is InChI=1S/C13H21NOS/c14-11(9-10-5-2-1-3-6-10)13(15)12-7-4-8-16-12/h4,7-8,10-11,13,15H,1-3,5-6,9,14H2/t11-,13+/m0/s1. The predicted molar refractivity (Wildman–Crippen MR) is 68.4 cm³/mol. The number of hydrogen-bond acceptors (Lipinski definition) is 3. The Morgan fingerprint density at radius 2 is 2.12 bits per heavy atom. The monoisotopic (exact) mass is 239 g/mol. The molecule has 0 amide bonds. The molecule has 2 atom stereocenters. The summed E-state index contributed by atoms with van der Waals surface area (Å²) in [5.41, 5.74) is 6.10. The average Bonchev–Trinajstić information content (AvgIpc) is 2.83. The van der Waals surface area contributed by atoms with Crippen LogP contribution in [0.3, 0.4) is 0 Å². The SMILES string of the molecule is N[C@@H](CC1CCCCC1)[C@@H](O)c1cccs1. The number of rotatable bonds is 4. The Labute approximate surface area is 101 Å². The number of hydrogen-bond donors (Lipinski definition) is 2. The number of nitrogens with two attached hydrogens (primary N) is 1. The third-order valence-corrected chi connectivity index (χ3v) is 4.51. The van der Waals surface area contributed by atoms with Gasteiger partial charge in [0.2, 0.25) is 0 Å². The molecule has 90 valence electrons. The van der Waals surface area contributed by atoms with Gasteiger partial charge in [-0.15, -0.1) is 11.3 Å². The maximum Gasteiger partial charge on any atom is 0.103 e. The van der Waals surface area contributed by atoms with Crippen LogP contribution in [0.15, 0.2) is 17.5 Å². The van der Waals surface area contributed by atoms with Crippen LogP contribution in [0, 0.1) is 5.92 Å². The fourth-order valence-electron chi connectivity index (χ4n) is 2.61. The van der Waals surface area contributed by atoms with Crippen molar-refractivity contribution in [2.45, 2.75) is 50.7 Å². The average molecular weight is 239 g/mol. The van der Waals surface area contributed by atoms with E-state index >= 15 is 0 Å². The summed E-state index contributed by atoms with van der Waals surface area (Å²) in [6, 6.07) is 3.84. The van der Waals surface area contributed by atoms with Gasteiger partial charge in [0, 0.05) is 10.9 Å². The van der Waals surface area contributed by atoms with Crippen molar-refractivity contribution in [1.29, 1.82) is 0 Å². The zero-order valence-corrected chi connectivity index (χ0v) is 10.5. The van der Waals surface area contributed by atoms with Crippen LogP contribution >= 0.6 is 11.3 Å². The smallest absolute Gasteiger partial charge is 0.103 e. The van der Waals surface area contributed by atoms with Crippen molar-refractivity contribution in [3.05, 3.63) is 22.4 Å². The van der Waals surface area contributed by atoms with Crippen LogP contribution in [0.25, 0.3) is 0 Å². The van der Waals surface area contributed by atoms with Gasteiger partial charge in [0.1, 0.15) is 6.10 Å². The van der Waals surface area contributed by atoms with E-state index < -0.39 is 6.10 Å². The molecule has 0 saturated heterocycles. The van der Waals surface area contributed by atoms with Crippen molar-refractivity contribution in [2.24, 2.45) is 11.7 Å². The van der Waals surface area contributed by atoms with E-state index in [0.29, 0.717) is 0 Å². The van der Waals surface area contributed by atoms with Crippen LogP contribution in [0.1, 0.15) is 49.5 Å². The van der Waals surface area contributed by atoms with Crippen LogP contribution < -0.4 is 5.73 Å². The fraction of sp³-hybridized carbons (Fsp3) is 0.692. The molecule has 0 unspecified atom stereocenters. The van der Waals surface area contributed by atoms with Gasteiger partial charge in [-0.25, -0.2) is 0 Å². The normalized spacial score (nSPS) is 21.9. The van der Waals surface area contributed by atoms with Crippen molar-refractivity contribution in [3.63, 3.8) is 0 Å². The molecule has 0 spiro atoms. The van der Waals surface area contributed by atoms with Crippen LogP contribution in [0.4, 0.5) is 0 Å². The molecule has 1 heterocycles. The minimum Gasteiger partial charge on any atom is -0.386 e. The highest BCUT2D eigenvalue weighted by molar-refractivity contribution is 7.10. The molecule has 0 aromatic carbocycles. The molecule has 0 bridgehead atoms. The lowest BCUT2D eigenvalue weighted by atomic mass is 9.84.